The highest BCUT2D eigenvalue weighted by Crippen LogP contribution is 2.31. The second kappa shape index (κ2) is 8.28. The maximum absolute atomic E-state index is 12.2. The molecule has 0 radical (unpaired) electrons. The monoisotopic (exact) mass is 294 g/mol. The molecule has 1 aliphatic heterocycles. The number of rotatable bonds is 6. The Balaban J connectivity index is 1.80. The minimum absolute atomic E-state index is 0.310. The van der Waals surface area contributed by atoms with E-state index in [0.717, 1.165) is 31.7 Å². The van der Waals surface area contributed by atoms with Crippen molar-refractivity contribution in [3.63, 3.8) is 0 Å². The Morgan fingerprint density at radius 2 is 1.90 bits per heavy atom. The molecule has 3 heteroatoms. The van der Waals surface area contributed by atoms with Gasteiger partial charge in [-0.05, 0) is 58.3 Å². The first-order chi connectivity index (χ1) is 10.1. The van der Waals surface area contributed by atoms with Crippen molar-refractivity contribution in [3.8, 4) is 0 Å². The van der Waals surface area contributed by atoms with Crippen molar-refractivity contribution >= 4 is 5.78 Å². The quantitative estimate of drug-likeness (QED) is 0.751. The molecule has 0 spiro atoms. The van der Waals surface area contributed by atoms with E-state index in [-0.39, 0.29) is 0 Å². The number of hydrogen-bond acceptors (Lipinski definition) is 3. The van der Waals surface area contributed by atoms with Gasteiger partial charge in [-0.25, -0.2) is 0 Å². The highest BCUT2D eigenvalue weighted by molar-refractivity contribution is 5.81. The van der Waals surface area contributed by atoms with Gasteiger partial charge in [0.25, 0.3) is 0 Å². The Bertz CT molecular complexity index is 323. The van der Waals surface area contributed by atoms with Gasteiger partial charge < -0.3 is 9.80 Å². The number of carbonyl (C=O) groups is 1. The van der Waals surface area contributed by atoms with Crippen LogP contribution in [0.1, 0.15) is 58.8 Å². The molecule has 21 heavy (non-hydrogen) atoms. The minimum atomic E-state index is 0.310. The molecule has 0 bridgehead atoms. The Morgan fingerprint density at radius 1 is 1.19 bits per heavy atom. The molecular weight excluding hydrogens is 260 g/mol. The van der Waals surface area contributed by atoms with E-state index in [4.69, 9.17) is 0 Å². The van der Waals surface area contributed by atoms with Gasteiger partial charge in [-0.2, -0.15) is 0 Å². The van der Waals surface area contributed by atoms with Gasteiger partial charge in [0, 0.05) is 24.9 Å². The lowest BCUT2D eigenvalue weighted by Crippen LogP contribution is -2.46. The van der Waals surface area contributed by atoms with E-state index in [1.54, 1.807) is 0 Å². The van der Waals surface area contributed by atoms with Crippen LogP contribution in [-0.4, -0.2) is 54.9 Å². The molecule has 1 saturated heterocycles. The SMILES string of the molecule is CCCC1CCC(=O)C(CN(C)C2CCN(CC)CC2)C1. The Labute approximate surface area is 131 Å². The van der Waals surface area contributed by atoms with E-state index >= 15 is 0 Å². The molecule has 1 heterocycles. The fourth-order valence-electron chi connectivity index (χ4n) is 4.22. The zero-order valence-electron chi connectivity index (χ0n) is 14.3. The topological polar surface area (TPSA) is 23.6 Å². The zero-order valence-corrected chi connectivity index (χ0v) is 14.3. The van der Waals surface area contributed by atoms with Gasteiger partial charge >= 0.3 is 0 Å². The summed E-state index contributed by atoms with van der Waals surface area (Å²) in [6.07, 6.45) is 8.22. The average molecular weight is 294 g/mol. The molecule has 0 amide bonds. The van der Waals surface area contributed by atoms with Gasteiger partial charge in [0.05, 0.1) is 0 Å². The van der Waals surface area contributed by atoms with E-state index in [1.165, 1.54) is 45.3 Å². The Kier molecular flexibility index (Phi) is 6.69. The van der Waals surface area contributed by atoms with Gasteiger partial charge in [-0.1, -0.05) is 26.7 Å². The predicted octanol–water partition coefficient (Wildman–Crippen LogP) is 3.19. The summed E-state index contributed by atoms with van der Waals surface area (Å²) in [7, 11) is 2.24. The van der Waals surface area contributed by atoms with E-state index in [2.05, 4.69) is 30.7 Å². The maximum atomic E-state index is 12.2. The van der Waals surface area contributed by atoms with E-state index in [9.17, 15) is 4.79 Å². The van der Waals surface area contributed by atoms with Gasteiger partial charge in [-0.3, -0.25) is 4.79 Å². The summed E-state index contributed by atoms with van der Waals surface area (Å²) in [5.41, 5.74) is 0. The van der Waals surface area contributed by atoms with Crippen molar-refractivity contribution in [1.29, 1.82) is 0 Å². The maximum Gasteiger partial charge on any atom is 0.137 e. The van der Waals surface area contributed by atoms with Crippen LogP contribution in [0, 0.1) is 11.8 Å². The van der Waals surface area contributed by atoms with Gasteiger partial charge in [0.15, 0.2) is 0 Å². The van der Waals surface area contributed by atoms with Gasteiger partial charge in [-0.15, -0.1) is 0 Å². The summed E-state index contributed by atoms with van der Waals surface area (Å²) in [4.78, 5) is 17.3. The summed E-state index contributed by atoms with van der Waals surface area (Å²) < 4.78 is 0. The number of Topliss-reactive ketones (excluding diaryl/α,β-unsaturated/α-hetero) is 1. The normalized spacial score (nSPS) is 29.2. The highest BCUT2D eigenvalue weighted by Gasteiger charge is 2.31. The first-order valence-corrected chi connectivity index (χ1v) is 9.09. The molecule has 2 unspecified atom stereocenters. The molecule has 0 aromatic heterocycles. The summed E-state index contributed by atoms with van der Waals surface area (Å²) in [5, 5.41) is 0. The predicted molar refractivity (Wildman–Crippen MR) is 88.5 cm³/mol. The molecule has 3 nitrogen and oxygen atoms in total. The van der Waals surface area contributed by atoms with Crippen LogP contribution in [0.5, 0.6) is 0 Å². The lowest BCUT2D eigenvalue weighted by atomic mass is 9.78. The molecule has 0 N–H and O–H groups in total. The molecule has 0 aromatic rings. The molecule has 2 aliphatic rings. The van der Waals surface area contributed by atoms with Crippen LogP contribution >= 0.6 is 0 Å². The fraction of sp³-hybridized carbons (Fsp3) is 0.944. The summed E-state index contributed by atoms with van der Waals surface area (Å²) in [6, 6.07) is 0.687. The number of piperidine rings is 1. The first-order valence-electron chi connectivity index (χ1n) is 9.09. The lowest BCUT2D eigenvalue weighted by Gasteiger charge is -2.38. The second-order valence-electron chi connectivity index (χ2n) is 7.20. The van der Waals surface area contributed by atoms with Crippen molar-refractivity contribution < 1.29 is 4.79 Å². The van der Waals surface area contributed by atoms with Crippen LogP contribution in [0.2, 0.25) is 0 Å². The third kappa shape index (κ3) is 4.79. The van der Waals surface area contributed by atoms with Crippen LogP contribution in [0.3, 0.4) is 0 Å². The van der Waals surface area contributed by atoms with Crippen molar-refractivity contribution in [1.82, 2.24) is 9.80 Å². The fourth-order valence-corrected chi connectivity index (χ4v) is 4.22. The number of likely N-dealkylation sites (tertiary alicyclic amines) is 1. The van der Waals surface area contributed by atoms with Crippen LogP contribution in [-0.2, 0) is 4.79 Å². The Morgan fingerprint density at radius 3 is 2.52 bits per heavy atom. The van der Waals surface area contributed by atoms with Crippen LogP contribution < -0.4 is 0 Å². The molecule has 2 atom stereocenters. The summed E-state index contributed by atoms with van der Waals surface area (Å²) >= 11 is 0. The summed E-state index contributed by atoms with van der Waals surface area (Å²) in [6.45, 7) is 9.13. The second-order valence-corrected chi connectivity index (χ2v) is 7.20. The lowest BCUT2D eigenvalue weighted by molar-refractivity contribution is -0.126. The molecule has 1 aliphatic carbocycles. The standard InChI is InChI=1S/C18H34N2O/c1-4-6-15-7-8-18(21)16(13-15)14-19(3)17-9-11-20(5-2)12-10-17/h15-17H,4-14H2,1-3H3. The third-order valence-corrected chi connectivity index (χ3v) is 5.71. The van der Waals surface area contributed by atoms with E-state index < -0.39 is 0 Å². The van der Waals surface area contributed by atoms with Crippen molar-refractivity contribution in [2.75, 3.05) is 33.2 Å². The smallest absolute Gasteiger partial charge is 0.137 e. The summed E-state index contributed by atoms with van der Waals surface area (Å²) in [5.74, 6) is 1.64. The molecule has 0 aromatic carbocycles. The Hall–Kier alpha value is -0.410. The van der Waals surface area contributed by atoms with Crippen LogP contribution in [0.4, 0.5) is 0 Å². The van der Waals surface area contributed by atoms with Crippen molar-refractivity contribution in [2.24, 2.45) is 11.8 Å². The van der Waals surface area contributed by atoms with Gasteiger partial charge in [0.1, 0.15) is 5.78 Å². The molecule has 2 rings (SSSR count). The largest absolute Gasteiger partial charge is 0.303 e. The van der Waals surface area contributed by atoms with Gasteiger partial charge in [0.2, 0.25) is 0 Å². The number of hydrogen-bond donors (Lipinski definition) is 0. The van der Waals surface area contributed by atoms with Crippen LogP contribution in [0.15, 0.2) is 0 Å². The van der Waals surface area contributed by atoms with E-state index in [0.29, 0.717) is 17.7 Å². The minimum Gasteiger partial charge on any atom is -0.303 e. The van der Waals surface area contributed by atoms with Crippen LogP contribution in [0.25, 0.3) is 0 Å². The molecular formula is C18H34N2O. The highest BCUT2D eigenvalue weighted by atomic mass is 16.1. The molecule has 122 valence electrons. The van der Waals surface area contributed by atoms with Crippen molar-refractivity contribution in [3.05, 3.63) is 0 Å². The number of nitrogens with zero attached hydrogens (tertiary/aromatic N) is 2. The van der Waals surface area contributed by atoms with Crippen molar-refractivity contribution in [2.45, 2.75) is 64.8 Å². The third-order valence-electron chi connectivity index (χ3n) is 5.71. The average Bonchev–Trinajstić information content (AvgIpc) is 2.51. The van der Waals surface area contributed by atoms with E-state index in [1.807, 2.05) is 0 Å². The molecule has 1 saturated carbocycles. The number of ketones is 1. The zero-order chi connectivity index (χ0) is 15.2. The molecule has 2 fully saturated rings. The number of carbonyl (C=O) groups excluding carboxylic acids is 1. The first kappa shape index (κ1) is 17.0.